The first-order chi connectivity index (χ1) is 22.6. The molecule has 2 aliphatic heterocycles. The fourth-order valence-corrected chi connectivity index (χ4v) is 7.67. The molecule has 0 radical (unpaired) electrons. The number of para-hydroxylation sites is 1. The zero-order valence-electron chi connectivity index (χ0n) is 24.4. The van der Waals surface area contributed by atoms with E-state index in [1.165, 1.54) is 24.3 Å². The molecule has 0 saturated carbocycles. The highest BCUT2D eigenvalue weighted by Gasteiger charge is 2.44. The van der Waals surface area contributed by atoms with Crippen molar-refractivity contribution in [2.45, 2.75) is 0 Å². The lowest BCUT2D eigenvalue weighted by Gasteiger charge is -2.44. The van der Waals surface area contributed by atoms with Gasteiger partial charge >= 0.3 is 0 Å². The van der Waals surface area contributed by atoms with Gasteiger partial charge in [-0.25, -0.2) is 8.78 Å². The number of fused-ring (bicyclic) bond motifs is 9. The maximum atomic E-state index is 14.3. The van der Waals surface area contributed by atoms with Crippen molar-refractivity contribution in [1.82, 2.24) is 0 Å². The summed E-state index contributed by atoms with van der Waals surface area (Å²) >= 11 is 0. The van der Waals surface area contributed by atoms with E-state index >= 15 is 0 Å². The Hall–Kier alpha value is -5.88. The normalized spacial score (nSPS) is 13.3. The third-order valence-corrected chi connectivity index (χ3v) is 9.54. The van der Waals surface area contributed by atoms with Crippen molar-refractivity contribution in [2.24, 2.45) is 0 Å². The number of furan rings is 1. The van der Waals surface area contributed by atoms with Crippen LogP contribution in [0.25, 0.3) is 32.7 Å². The minimum absolute atomic E-state index is 0.140. The van der Waals surface area contributed by atoms with Crippen molar-refractivity contribution in [1.29, 1.82) is 0 Å². The van der Waals surface area contributed by atoms with Gasteiger partial charge < -0.3 is 14.2 Å². The Kier molecular flexibility index (Phi) is 5.16. The van der Waals surface area contributed by atoms with Crippen molar-refractivity contribution in [3.63, 3.8) is 0 Å². The van der Waals surface area contributed by atoms with Crippen LogP contribution in [0.4, 0.5) is 42.9 Å². The molecule has 8 aromatic rings. The summed E-state index contributed by atoms with van der Waals surface area (Å²) in [6.07, 6.45) is 0. The SMILES string of the molecule is Fc1ccc(N2c3cc4ccccc4cc3B3c4c2cccc4N(c2ccc(F)cc2)c2ccc4oc5ccccc5c4c23)cc1. The van der Waals surface area contributed by atoms with E-state index in [4.69, 9.17) is 4.42 Å². The smallest absolute Gasteiger partial charge is 0.253 e. The summed E-state index contributed by atoms with van der Waals surface area (Å²) in [5.74, 6) is -0.563. The van der Waals surface area contributed by atoms with Gasteiger partial charge in [0, 0.05) is 44.9 Å². The molecule has 3 heterocycles. The lowest BCUT2D eigenvalue weighted by molar-refractivity contribution is 0.627. The Bertz CT molecular complexity index is 2520. The van der Waals surface area contributed by atoms with Crippen LogP contribution in [0.15, 0.2) is 144 Å². The first-order valence-corrected chi connectivity index (χ1v) is 15.4. The molecule has 10 rings (SSSR count). The van der Waals surface area contributed by atoms with E-state index in [9.17, 15) is 8.78 Å². The minimum Gasteiger partial charge on any atom is -0.456 e. The van der Waals surface area contributed by atoms with Crippen LogP contribution >= 0.6 is 0 Å². The van der Waals surface area contributed by atoms with Crippen LogP contribution in [0.1, 0.15) is 0 Å². The molecule has 0 spiro atoms. The third kappa shape index (κ3) is 3.47. The average molecular weight is 596 g/mol. The van der Waals surface area contributed by atoms with E-state index in [1.807, 2.05) is 36.4 Å². The van der Waals surface area contributed by atoms with Crippen LogP contribution in [0.3, 0.4) is 0 Å². The fourth-order valence-electron chi connectivity index (χ4n) is 7.67. The average Bonchev–Trinajstić information content (AvgIpc) is 3.47. The number of anilines is 6. The van der Waals surface area contributed by atoms with E-state index in [0.717, 1.165) is 83.2 Å². The van der Waals surface area contributed by atoms with Crippen LogP contribution < -0.4 is 26.2 Å². The number of halogens is 2. The van der Waals surface area contributed by atoms with Gasteiger partial charge in [-0.05, 0) is 112 Å². The van der Waals surface area contributed by atoms with Crippen LogP contribution in [0.2, 0.25) is 0 Å². The quantitative estimate of drug-likeness (QED) is 0.186. The summed E-state index contributed by atoms with van der Waals surface area (Å²) in [7, 11) is 0. The zero-order valence-corrected chi connectivity index (χ0v) is 24.4. The summed E-state index contributed by atoms with van der Waals surface area (Å²) in [4.78, 5) is 4.48. The molecule has 0 fully saturated rings. The van der Waals surface area contributed by atoms with Crippen LogP contribution in [0.5, 0.6) is 0 Å². The van der Waals surface area contributed by atoms with Gasteiger partial charge in [0.25, 0.3) is 6.71 Å². The van der Waals surface area contributed by atoms with Gasteiger partial charge in [0.1, 0.15) is 22.8 Å². The molecule has 3 nitrogen and oxygen atoms in total. The molecule has 46 heavy (non-hydrogen) atoms. The molecular formula is C40H23BF2N2O. The second-order valence-electron chi connectivity index (χ2n) is 12.0. The van der Waals surface area contributed by atoms with E-state index in [-0.39, 0.29) is 18.3 Å². The number of hydrogen-bond acceptors (Lipinski definition) is 3. The molecule has 0 saturated heterocycles. The van der Waals surface area contributed by atoms with Gasteiger partial charge in [-0.2, -0.15) is 0 Å². The highest BCUT2D eigenvalue weighted by atomic mass is 19.1. The van der Waals surface area contributed by atoms with Gasteiger partial charge in [-0.15, -0.1) is 0 Å². The molecule has 0 amide bonds. The molecule has 0 bridgehead atoms. The topological polar surface area (TPSA) is 19.6 Å². The summed E-state index contributed by atoms with van der Waals surface area (Å²) in [5, 5.41) is 4.40. The van der Waals surface area contributed by atoms with E-state index in [1.54, 1.807) is 0 Å². The summed E-state index contributed by atoms with van der Waals surface area (Å²) in [5.41, 5.74) is 10.9. The van der Waals surface area contributed by atoms with Crippen molar-refractivity contribution in [3.8, 4) is 0 Å². The maximum absolute atomic E-state index is 14.3. The first kappa shape index (κ1) is 25.5. The number of rotatable bonds is 2. The second-order valence-corrected chi connectivity index (χ2v) is 12.0. The number of hydrogen-bond donors (Lipinski definition) is 0. The second kappa shape index (κ2) is 9.32. The van der Waals surface area contributed by atoms with Gasteiger partial charge in [0.05, 0.1) is 0 Å². The lowest BCUT2D eigenvalue weighted by Crippen LogP contribution is -2.61. The Morgan fingerprint density at radius 3 is 1.76 bits per heavy atom. The summed E-state index contributed by atoms with van der Waals surface area (Å²) in [6.45, 7) is -0.140. The molecule has 0 unspecified atom stereocenters. The number of nitrogens with zero attached hydrogens (tertiary/aromatic N) is 2. The largest absolute Gasteiger partial charge is 0.456 e. The Balaban J connectivity index is 1.38. The van der Waals surface area contributed by atoms with Crippen LogP contribution in [-0.2, 0) is 0 Å². The standard InChI is InChI=1S/C40H23BF2N2O/c42-26-12-16-28(17-13-26)44-32-9-5-10-33-39(32)41(40-34(44)20-21-37-38(40)30-8-3-4-11-36(30)46-37)31-22-24-6-1-2-7-25(24)23-35(31)45(33)29-18-14-27(43)15-19-29/h1-23H. The summed E-state index contributed by atoms with van der Waals surface area (Å²) in [6, 6.07) is 45.1. The molecule has 0 atom stereocenters. The van der Waals surface area contributed by atoms with Gasteiger partial charge in [0.2, 0.25) is 0 Å². The number of benzene rings is 7. The van der Waals surface area contributed by atoms with E-state index < -0.39 is 0 Å². The van der Waals surface area contributed by atoms with Crippen molar-refractivity contribution in [2.75, 3.05) is 9.80 Å². The molecule has 6 heteroatoms. The van der Waals surface area contributed by atoms with Gasteiger partial charge in [0.15, 0.2) is 0 Å². The van der Waals surface area contributed by atoms with Crippen molar-refractivity contribution in [3.05, 3.63) is 151 Å². The van der Waals surface area contributed by atoms with Crippen LogP contribution in [0, 0.1) is 11.6 Å². The highest BCUT2D eigenvalue weighted by Crippen LogP contribution is 2.46. The maximum Gasteiger partial charge on any atom is 0.253 e. The molecule has 0 N–H and O–H groups in total. The molecule has 7 aromatic carbocycles. The monoisotopic (exact) mass is 596 g/mol. The van der Waals surface area contributed by atoms with Crippen molar-refractivity contribution >= 4 is 89.9 Å². The van der Waals surface area contributed by atoms with E-state index in [0.29, 0.717) is 0 Å². The molecule has 2 aliphatic rings. The van der Waals surface area contributed by atoms with Crippen molar-refractivity contribution < 1.29 is 13.2 Å². The Morgan fingerprint density at radius 2 is 1.07 bits per heavy atom. The molecular weight excluding hydrogens is 573 g/mol. The Labute approximate surface area is 263 Å². The molecule has 1 aromatic heterocycles. The lowest BCUT2D eigenvalue weighted by atomic mass is 9.33. The van der Waals surface area contributed by atoms with Gasteiger partial charge in [-0.3, -0.25) is 0 Å². The predicted octanol–water partition coefficient (Wildman–Crippen LogP) is 9.10. The Morgan fingerprint density at radius 1 is 0.478 bits per heavy atom. The van der Waals surface area contributed by atoms with Gasteiger partial charge in [-0.1, -0.05) is 54.6 Å². The van der Waals surface area contributed by atoms with Crippen LogP contribution in [-0.4, -0.2) is 6.71 Å². The molecule has 0 aliphatic carbocycles. The summed E-state index contributed by atoms with van der Waals surface area (Å²) < 4.78 is 35.0. The first-order valence-electron chi connectivity index (χ1n) is 15.4. The minimum atomic E-state index is -0.284. The fraction of sp³-hybridized carbons (Fsp3) is 0. The third-order valence-electron chi connectivity index (χ3n) is 9.54. The molecule has 216 valence electrons. The van der Waals surface area contributed by atoms with E-state index in [2.05, 4.69) is 88.7 Å². The predicted molar refractivity (Wildman–Crippen MR) is 185 cm³/mol. The zero-order chi connectivity index (χ0) is 30.5. The highest BCUT2D eigenvalue weighted by molar-refractivity contribution is 7.02.